The van der Waals surface area contributed by atoms with Crippen molar-refractivity contribution < 1.29 is 9.53 Å². The molecular formula is C11H22N2O2. The zero-order valence-electron chi connectivity index (χ0n) is 9.79. The summed E-state index contributed by atoms with van der Waals surface area (Å²) in [5.41, 5.74) is 0. The van der Waals surface area contributed by atoms with Crippen molar-refractivity contribution >= 4 is 5.91 Å². The van der Waals surface area contributed by atoms with Crippen molar-refractivity contribution in [3.8, 4) is 0 Å². The van der Waals surface area contributed by atoms with Gasteiger partial charge in [-0.25, -0.2) is 0 Å². The Labute approximate surface area is 92.3 Å². The predicted octanol–water partition coefficient (Wildman–Crippen LogP) is 0.647. The molecule has 0 saturated heterocycles. The summed E-state index contributed by atoms with van der Waals surface area (Å²) in [5.74, 6) is 0.114. The van der Waals surface area contributed by atoms with E-state index < -0.39 is 0 Å². The minimum atomic E-state index is 0.114. The first-order valence-corrected chi connectivity index (χ1v) is 5.35. The van der Waals surface area contributed by atoms with Crippen molar-refractivity contribution in [3.63, 3.8) is 0 Å². The number of nitrogens with one attached hydrogen (secondary N) is 1. The van der Waals surface area contributed by atoms with Gasteiger partial charge in [-0.05, 0) is 13.3 Å². The largest absolute Gasteiger partial charge is 0.380 e. The first-order chi connectivity index (χ1) is 7.22. The van der Waals surface area contributed by atoms with E-state index in [0.29, 0.717) is 26.3 Å². The van der Waals surface area contributed by atoms with E-state index in [2.05, 4.69) is 11.9 Å². The van der Waals surface area contributed by atoms with Crippen LogP contribution in [0, 0.1) is 0 Å². The maximum absolute atomic E-state index is 11.3. The molecule has 0 aliphatic heterocycles. The Morgan fingerprint density at radius 2 is 2.27 bits per heavy atom. The normalized spacial score (nSPS) is 10.0. The van der Waals surface area contributed by atoms with Gasteiger partial charge in [0, 0.05) is 20.1 Å². The van der Waals surface area contributed by atoms with Gasteiger partial charge >= 0.3 is 0 Å². The summed E-state index contributed by atoms with van der Waals surface area (Å²) in [4.78, 5) is 13.0. The van der Waals surface area contributed by atoms with E-state index in [0.717, 1.165) is 13.0 Å². The van der Waals surface area contributed by atoms with E-state index >= 15 is 0 Å². The molecule has 0 atom stereocenters. The van der Waals surface area contributed by atoms with Gasteiger partial charge in [-0.15, -0.1) is 6.58 Å². The standard InChI is InChI=1S/C11H22N2O2/c1-4-6-8-15-9-7-12-10-11(14)13(3)5-2/h4,12H,1,5-10H2,2-3H3. The zero-order valence-corrected chi connectivity index (χ0v) is 9.79. The maximum atomic E-state index is 11.3. The smallest absolute Gasteiger partial charge is 0.236 e. The molecule has 0 aromatic heterocycles. The van der Waals surface area contributed by atoms with Crippen LogP contribution in [0.3, 0.4) is 0 Å². The van der Waals surface area contributed by atoms with Crippen LogP contribution in [0.4, 0.5) is 0 Å². The van der Waals surface area contributed by atoms with E-state index in [1.54, 1.807) is 11.9 Å². The molecule has 1 amide bonds. The summed E-state index contributed by atoms with van der Waals surface area (Å²) in [5, 5.41) is 3.04. The van der Waals surface area contributed by atoms with Gasteiger partial charge in [0.15, 0.2) is 0 Å². The topological polar surface area (TPSA) is 41.6 Å². The van der Waals surface area contributed by atoms with Crippen LogP contribution >= 0.6 is 0 Å². The summed E-state index contributed by atoms with van der Waals surface area (Å²) in [6, 6.07) is 0. The van der Waals surface area contributed by atoms with Crippen molar-refractivity contribution in [2.24, 2.45) is 0 Å². The first kappa shape index (κ1) is 14.1. The highest BCUT2D eigenvalue weighted by Gasteiger charge is 2.04. The predicted molar refractivity (Wildman–Crippen MR) is 61.8 cm³/mol. The molecule has 88 valence electrons. The lowest BCUT2D eigenvalue weighted by molar-refractivity contribution is -0.128. The average molecular weight is 214 g/mol. The molecule has 0 aliphatic carbocycles. The number of carbonyl (C=O) groups excluding carboxylic acids is 1. The molecule has 0 saturated carbocycles. The van der Waals surface area contributed by atoms with Gasteiger partial charge in [-0.3, -0.25) is 4.79 Å². The Bertz CT molecular complexity index is 183. The van der Waals surface area contributed by atoms with Gasteiger partial charge in [0.1, 0.15) is 0 Å². The summed E-state index contributed by atoms with van der Waals surface area (Å²) in [6.07, 6.45) is 2.70. The van der Waals surface area contributed by atoms with E-state index in [4.69, 9.17) is 4.74 Å². The summed E-state index contributed by atoms with van der Waals surface area (Å²) in [7, 11) is 1.80. The molecule has 4 nitrogen and oxygen atoms in total. The Kier molecular flexibility index (Phi) is 9.11. The third kappa shape index (κ3) is 8.15. The van der Waals surface area contributed by atoms with Crippen LogP contribution in [0.2, 0.25) is 0 Å². The number of ether oxygens (including phenoxy) is 1. The molecule has 0 unspecified atom stereocenters. The highest BCUT2D eigenvalue weighted by atomic mass is 16.5. The third-order valence-electron chi connectivity index (χ3n) is 2.07. The van der Waals surface area contributed by atoms with Crippen LogP contribution in [-0.2, 0) is 9.53 Å². The van der Waals surface area contributed by atoms with Crippen molar-refractivity contribution in [2.75, 3.05) is 39.9 Å². The lowest BCUT2D eigenvalue weighted by atomic mass is 10.4. The van der Waals surface area contributed by atoms with E-state index in [-0.39, 0.29) is 5.91 Å². The van der Waals surface area contributed by atoms with E-state index in [1.807, 2.05) is 13.0 Å². The molecule has 15 heavy (non-hydrogen) atoms. The summed E-state index contributed by atoms with van der Waals surface area (Å²) >= 11 is 0. The molecule has 0 rings (SSSR count). The Morgan fingerprint density at radius 1 is 1.53 bits per heavy atom. The number of hydrogen-bond acceptors (Lipinski definition) is 3. The highest BCUT2D eigenvalue weighted by molar-refractivity contribution is 5.77. The number of likely N-dealkylation sites (N-methyl/N-ethyl adjacent to an activating group) is 1. The molecule has 0 bridgehead atoms. The van der Waals surface area contributed by atoms with Crippen LogP contribution in [-0.4, -0.2) is 50.7 Å². The van der Waals surface area contributed by atoms with Gasteiger partial charge in [0.05, 0.1) is 19.8 Å². The fourth-order valence-corrected chi connectivity index (χ4v) is 0.920. The molecule has 4 heteroatoms. The van der Waals surface area contributed by atoms with Crippen molar-refractivity contribution in [2.45, 2.75) is 13.3 Å². The minimum Gasteiger partial charge on any atom is -0.380 e. The van der Waals surface area contributed by atoms with Crippen LogP contribution in [0.5, 0.6) is 0 Å². The minimum absolute atomic E-state index is 0.114. The number of rotatable bonds is 9. The van der Waals surface area contributed by atoms with Gasteiger partial charge < -0.3 is 15.0 Å². The molecule has 0 radical (unpaired) electrons. The van der Waals surface area contributed by atoms with Crippen molar-refractivity contribution in [3.05, 3.63) is 12.7 Å². The number of amides is 1. The van der Waals surface area contributed by atoms with Gasteiger partial charge in [0.2, 0.25) is 5.91 Å². The van der Waals surface area contributed by atoms with Crippen LogP contribution in [0.25, 0.3) is 0 Å². The lowest BCUT2D eigenvalue weighted by Crippen LogP contribution is -2.36. The molecule has 0 heterocycles. The van der Waals surface area contributed by atoms with Crippen LogP contribution < -0.4 is 5.32 Å². The Morgan fingerprint density at radius 3 is 2.87 bits per heavy atom. The number of carbonyl (C=O) groups is 1. The van der Waals surface area contributed by atoms with E-state index in [1.165, 1.54) is 0 Å². The molecule has 0 aromatic rings. The fraction of sp³-hybridized carbons (Fsp3) is 0.727. The Hall–Kier alpha value is -0.870. The number of nitrogens with zero attached hydrogens (tertiary/aromatic N) is 1. The molecule has 0 aliphatic rings. The molecular weight excluding hydrogens is 192 g/mol. The summed E-state index contributed by atoms with van der Waals surface area (Å²) in [6.45, 7) is 8.73. The van der Waals surface area contributed by atoms with E-state index in [9.17, 15) is 4.79 Å². The second-order valence-electron chi connectivity index (χ2n) is 3.27. The second kappa shape index (κ2) is 9.68. The second-order valence-corrected chi connectivity index (χ2v) is 3.27. The Balaban J connectivity index is 3.23. The molecule has 0 spiro atoms. The molecule has 1 N–H and O–H groups in total. The lowest BCUT2D eigenvalue weighted by Gasteiger charge is -2.14. The van der Waals surface area contributed by atoms with Crippen LogP contribution in [0.1, 0.15) is 13.3 Å². The zero-order chi connectivity index (χ0) is 11.5. The van der Waals surface area contributed by atoms with Crippen molar-refractivity contribution in [1.29, 1.82) is 0 Å². The maximum Gasteiger partial charge on any atom is 0.236 e. The monoisotopic (exact) mass is 214 g/mol. The van der Waals surface area contributed by atoms with Gasteiger partial charge in [0.25, 0.3) is 0 Å². The summed E-state index contributed by atoms with van der Waals surface area (Å²) < 4.78 is 5.28. The average Bonchev–Trinajstić information content (AvgIpc) is 2.26. The fourth-order valence-electron chi connectivity index (χ4n) is 0.920. The number of hydrogen-bond donors (Lipinski definition) is 1. The van der Waals surface area contributed by atoms with Gasteiger partial charge in [-0.1, -0.05) is 6.08 Å². The quantitative estimate of drug-likeness (QED) is 0.452. The first-order valence-electron chi connectivity index (χ1n) is 5.35. The molecule has 0 fully saturated rings. The van der Waals surface area contributed by atoms with Crippen LogP contribution in [0.15, 0.2) is 12.7 Å². The van der Waals surface area contributed by atoms with Crippen molar-refractivity contribution in [1.82, 2.24) is 10.2 Å². The SMILES string of the molecule is C=CCCOCCNCC(=O)N(C)CC. The van der Waals surface area contributed by atoms with Gasteiger partial charge in [-0.2, -0.15) is 0 Å². The highest BCUT2D eigenvalue weighted by Crippen LogP contribution is 1.83. The molecule has 0 aromatic carbocycles. The third-order valence-corrected chi connectivity index (χ3v) is 2.07.